The Morgan fingerprint density at radius 2 is 1.78 bits per heavy atom. The van der Waals surface area contributed by atoms with Crippen LogP contribution in [0.5, 0.6) is 23.0 Å². The number of para-hydroxylation sites is 2. The SMILES string of the molecule is CCOc1ccc(C(=O)Oc2ccc(/C=N\NC(=O)[C@@H](C)Oc3ccccc3[N+](=O)[O-])cc2OC)cc1. The molecule has 3 aromatic rings. The van der Waals surface area contributed by atoms with Crippen LogP contribution in [-0.2, 0) is 4.79 Å². The fourth-order valence-corrected chi connectivity index (χ4v) is 3.07. The van der Waals surface area contributed by atoms with E-state index in [1.54, 1.807) is 42.5 Å². The molecular weight excluding hydrogens is 482 g/mol. The second kappa shape index (κ2) is 12.7. The molecule has 0 radical (unpaired) electrons. The van der Waals surface area contributed by atoms with Gasteiger partial charge in [0.2, 0.25) is 0 Å². The van der Waals surface area contributed by atoms with E-state index < -0.39 is 22.9 Å². The van der Waals surface area contributed by atoms with E-state index in [2.05, 4.69) is 10.5 Å². The second-order valence-electron chi connectivity index (χ2n) is 7.48. The molecule has 0 aliphatic rings. The average molecular weight is 507 g/mol. The van der Waals surface area contributed by atoms with Crippen LogP contribution < -0.4 is 24.4 Å². The number of hydrogen-bond acceptors (Lipinski definition) is 9. The number of esters is 1. The fraction of sp³-hybridized carbons (Fsp3) is 0.192. The summed E-state index contributed by atoms with van der Waals surface area (Å²) in [6.45, 7) is 3.83. The Kier molecular flexibility index (Phi) is 9.14. The molecule has 0 fully saturated rings. The number of nitrogens with one attached hydrogen (secondary N) is 1. The summed E-state index contributed by atoms with van der Waals surface area (Å²) in [7, 11) is 1.42. The zero-order chi connectivity index (χ0) is 26.8. The normalized spacial score (nSPS) is 11.4. The molecule has 0 aliphatic heterocycles. The van der Waals surface area contributed by atoms with Gasteiger partial charge in [-0.05, 0) is 67.9 Å². The topological polar surface area (TPSA) is 139 Å². The summed E-state index contributed by atoms with van der Waals surface area (Å²) in [5, 5.41) is 15.0. The number of nitro groups is 1. The molecule has 0 unspecified atom stereocenters. The van der Waals surface area contributed by atoms with Crippen molar-refractivity contribution in [1.82, 2.24) is 5.43 Å². The zero-order valence-electron chi connectivity index (χ0n) is 20.4. The number of hydrazone groups is 1. The quantitative estimate of drug-likeness (QED) is 0.134. The van der Waals surface area contributed by atoms with Gasteiger partial charge in [0.1, 0.15) is 5.75 Å². The lowest BCUT2D eigenvalue weighted by Gasteiger charge is -2.13. The number of amides is 1. The number of hydrogen-bond donors (Lipinski definition) is 1. The monoisotopic (exact) mass is 507 g/mol. The summed E-state index contributed by atoms with van der Waals surface area (Å²) in [5.41, 5.74) is 2.96. The number of benzene rings is 3. The number of nitrogens with zero attached hydrogens (tertiary/aromatic N) is 2. The molecule has 0 saturated carbocycles. The van der Waals surface area contributed by atoms with E-state index in [0.717, 1.165) is 0 Å². The number of ether oxygens (including phenoxy) is 4. The van der Waals surface area contributed by atoms with Gasteiger partial charge in [0.25, 0.3) is 5.91 Å². The smallest absolute Gasteiger partial charge is 0.343 e. The van der Waals surface area contributed by atoms with Crippen molar-refractivity contribution in [2.24, 2.45) is 5.10 Å². The number of methoxy groups -OCH3 is 1. The molecule has 0 aromatic heterocycles. The van der Waals surface area contributed by atoms with Crippen molar-refractivity contribution in [2.45, 2.75) is 20.0 Å². The molecule has 0 spiro atoms. The van der Waals surface area contributed by atoms with Crippen LogP contribution in [-0.4, -0.2) is 42.8 Å². The Balaban J connectivity index is 1.60. The number of carbonyl (C=O) groups excluding carboxylic acids is 2. The van der Waals surface area contributed by atoms with Gasteiger partial charge >= 0.3 is 11.7 Å². The summed E-state index contributed by atoms with van der Waals surface area (Å²) in [4.78, 5) is 35.3. The molecule has 3 aromatic carbocycles. The summed E-state index contributed by atoms with van der Waals surface area (Å²) >= 11 is 0. The van der Waals surface area contributed by atoms with E-state index in [1.807, 2.05) is 6.92 Å². The maximum absolute atomic E-state index is 12.5. The summed E-state index contributed by atoms with van der Waals surface area (Å²) in [6.07, 6.45) is 0.313. The van der Waals surface area contributed by atoms with E-state index in [9.17, 15) is 19.7 Å². The third-order valence-electron chi connectivity index (χ3n) is 4.91. The van der Waals surface area contributed by atoms with E-state index in [1.165, 1.54) is 44.5 Å². The van der Waals surface area contributed by atoms with Crippen molar-refractivity contribution in [3.05, 3.63) is 88.0 Å². The van der Waals surface area contributed by atoms with Crippen LogP contribution in [0, 0.1) is 10.1 Å². The molecule has 0 heterocycles. The highest BCUT2D eigenvalue weighted by molar-refractivity contribution is 5.92. The molecule has 11 nitrogen and oxygen atoms in total. The predicted octanol–water partition coefficient (Wildman–Crippen LogP) is 4.14. The lowest BCUT2D eigenvalue weighted by atomic mass is 10.2. The Morgan fingerprint density at radius 3 is 2.46 bits per heavy atom. The molecule has 1 atom stereocenters. The minimum atomic E-state index is -1.04. The van der Waals surface area contributed by atoms with E-state index in [-0.39, 0.29) is 22.9 Å². The maximum atomic E-state index is 12.5. The van der Waals surface area contributed by atoms with E-state index >= 15 is 0 Å². The van der Waals surface area contributed by atoms with Gasteiger partial charge in [-0.15, -0.1) is 0 Å². The first kappa shape index (κ1) is 26.7. The Morgan fingerprint density at radius 1 is 1.05 bits per heavy atom. The van der Waals surface area contributed by atoms with Crippen LogP contribution >= 0.6 is 0 Å². The van der Waals surface area contributed by atoms with Crippen molar-refractivity contribution < 1.29 is 33.5 Å². The highest BCUT2D eigenvalue weighted by atomic mass is 16.6. The van der Waals surface area contributed by atoms with Gasteiger partial charge in [0.05, 0.1) is 30.4 Å². The van der Waals surface area contributed by atoms with Crippen molar-refractivity contribution in [3.63, 3.8) is 0 Å². The number of nitro benzene ring substituents is 1. The van der Waals surface area contributed by atoms with Gasteiger partial charge in [-0.2, -0.15) is 5.10 Å². The Bertz CT molecular complexity index is 1290. The van der Waals surface area contributed by atoms with Crippen LogP contribution in [0.2, 0.25) is 0 Å². The first-order valence-electron chi connectivity index (χ1n) is 11.2. The van der Waals surface area contributed by atoms with Crippen LogP contribution in [0.25, 0.3) is 0 Å². The summed E-state index contributed by atoms with van der Waals surface area (Å²) < 4.78 is 21.5. The fourth-order valence-electron chi connectivity index (χ4n) is 3.07. The maximum Gasteiger partial charge on any atom is 0.343 e. The van der Waals surface area contributed by atoms with Crippen molar-refractivity contribution in [1.29, 1.82) is 0 Å². The minimum absolute atomic E-state index is 0.0285. The summed E-state index contributed by atoms with van der Waals surface area (Å²) in [6, 6.07) is 17.0. The molecule has 1 amide bonds. The van der Waals surface area contributed by atoms with E-state index in [0.29, 0.717) is 23.5 Å². The molecule has 37 heavy (non-hydrogen) atoms. The van der Waals surface area contributed by atoms with Gasteiger partial charge in [0, 0.05) is 6.07 Å². The van der Waals surface area contributed by atoms with Gasteiger partial charge in [-0.3, -0.25) is 14.9 Å². The highest BCUT2D eigenvalue weighted by Crippen LogP contribution is 2.29. The molecular formula is C26H25N3O8. The molecule has 0 bridgehead atoms. The van der Waals surface area contributed by atoms with Gasteiger partial charge in [-0.1, -0.05) is 12.1 Å². The summed E-state index contributed by atoms with van der Waals surface area (Å²) in [5.74, 6) is -0.0735. The molecule has 192 valence electrons. The van der Waals surface area contributed by atoms with Gasteiger partial charge in [-0.25, -0.2) is 10.2 Å². The Labute approximate surface area is 212 Å². The molecule has 3 rings (SSSR count). The number of carbonyl (C=O) groups is 2. The lowest BCUT2D eigenvalue weighted by Crippen LogP contribution is -2.33. The first-order valence-corrected chi connectivity index (χ1v) is 11.2. The minimum Gasteiger partial charge on any atom is -0.494 e. The third kappa shape index (κ3) is 7.28. The largest absolute Gasteiger partial charge is 0.494 e. The zero-order valence-corrected chi connectivity index (χ0v) is 20.4. The van der Waals surface area contributed by atoms with Crippen molar-refractivity contribution in [2.75, 3.05) is 13.7 Å². The van der Waals surface area contributed by atoms with E-state index in [4.69, 9.17) is 18.9 Å². The standard InChI is InChI=1S/C26H25N3O8/c1-4-35-20-12-10-19(11-13-20)26(31)37-23-14-9-18(15-24(23)34-3)16-27-28-25(30)17(2)36-22-8-6-5-7-21(22)29(32)33/h5-17H,4H2,1-3H3,(H,28,30)/b27-16-/t17-/m1/s1. The first-order chi connectivity index (χ1) is 17.8. The molecule has 0 saturated heterocycles. The average Bonchev–Trinajstić information content (AvgIpc) is 2.90. The molecule has 1 N–H and O–H groups in total. The molecule has 0 aliphatic carbocycles. The van der Waals surface area contributed by atoms with Gasteiger partial charge in [0.15, 0.2) is 23.4 Å². The van der Waals surface area contributed by atoms with Crippen LogP contribution in [0.1, 0.15) is 29.8 Å². The van der Waals surface area contributed by atoms with Crippen LogP contribution in [0.3, 0.4) is 0 Å². The third-order valence-corrected chi connectivity index (χ3v) is 4.91. The van der Waals surface area contributed by atoms with Gasteiger partial charge < -0.3 is 18.9 Å². The highest BCUT2D eigenvalue weighted by Gasteiger charge is 2.20. The van der Waals surface area contributed by atoms with Crippen molar-refractivity contribution >= 4 is 23.8 Å². The predicted molar refractivity (Wildman–Crippen MR) is 134 cm³/mol. The molecule has 11 heteroatoms. The lowest BCUT2D eigenvalue weighted by molar-refractivity contribution is -0.386. The van der Waals surface area contributed by atoms with Crippen LogP contribution in [0.15, 0.2) is 71.8 Å². The Hall–Kier alpha value is -4.93. The van der Waals surface area contributed by atoms with Crippen LogP contribution in [0.4, 0.5) is 5.69 Å². The second-order valence-corrected chi connectivity index (χ2v) is 7.48. The van der Waals surface area contributed by atoms with Crippen molar-refractivity contribution in [3.8, 4) is 23.0 Å². The number of rotatable bonds is 11.